The minimum Gasteiger partial charge on any atom is -0.354 e. The standard InChI is InChI=1S/C22H22N4O/c1-14(2)26-21(10-11-23-26)22(27)24-17-9-8-16-12-20(25-19(16)13-17)18-7-5-4-6-15(18)3/h4-14,25H,1-3H3,(H,24,27). The van der Waals surface area contributed by atoms with Gasteiger partial charge in [0.25, 0.3) is 5.91 Å². The smallest absolute Gasteiger partial charge is 0.273 e. The average Bonchev–Trinajstić information content (AvgIpc) is 3.28. The second kappa shape index (κ2) is 6.76. The molecule has 4 rings (SSSR count). The monoisotopic (exact) mass is 358 g/mol. The van der Waals surface area contributed by atoms with Gasteiger partial charge in [0.1, 0.15) is 5.69 Å². The number of hydrogen-bond donors (Lipinski definition) is 2. The number of aryl methyl sites for hydroxylation is 1. The van der Waals surface area contributed by atoms with Crippen molar-refractivity contribution in [1.82, 2.24) is 14.8 Å². The number of aromatic nitrogens is 3. The number of hydrogen-bond acceptors (Lipinski definition) is 2. The maximum Gasteiger partial charge on any atom is 0.273 e. The summed E-state index contributed by atoms with van der Waals surface area (Å²) >= 11 is 0. The maximum absolute atomic E-state index is 12.6. The minimum atomic E-state index is -0.161. The normalized spacial score (nSPS) is 11.3. The second-order valence-corrected chi connectivity index (χ2v) is 7.01. The van der Waals surface area contributed by atoms with Crippen LogP contribution in [0.4, 0.5) is 5.69 Å². The highest BCUT2D eigenvalue weighted by atomic mass is 16.2. The van der Waals surface area contributed by atoms with Gasteiger partial charge in [0.2, 0.25) is 0 Å². The van der Waals surface area contributed by atoms with E-state index >= 15 is 0 Å². The van der Waals surface area contributed by atoms with Crippen molar-refractivity contribution in [3.8, 4) is 11.3 Å². The molecule has 0 fully saturated rings. The lowest BCUT2D eigenvalue weighted by molar-refractivity contribution is 0.101. The van der Waals surface area contributed by atoms with Gasteiger partial charge in [-0.1, -0.05) is 30.3 Å². The molecule has 1 amide bonds. The van der Waals surface area contributed by atoms with E-state index in [4.69, 9.17) is 0 Å². The number of amides is 1. The van der Waals surface area contributed by atoms with Crippen molar-refractivity contribution in [2.75, 3.05) is 5.32 Å². The second-order valence-electron chi connectivity index (χ2n) is 7.01. The highest BCUT2D eigenvalue weighted by Crippen LogP contribution is 2.28. The molecule has 0 radical (unpaired) electrons. The highest BCUT2D eigenvalue weighted by Gasteiger charge is 2.14. The predicted molar refractivity (Wildman–Crippen MR) is 109 cm³/mol. The number of carbonyl (C=O) groups excluding carboxylic acids is 1. The van der Waals surface area contributed by atoms with E-state index in [1.165, 1.54) is 11.1 Å². The summed E-state index contributed by atoms with van der Waals surface area (Å²) < 4.78 is 1.72. The molecule has 2 heterocycles. The summed E-state index contributed by atoms with van der Waals surface area (Å²) in [6, 6.07) is 18.2. The highest BCUT2D eigenvalue weighted by molar-refractivity contribution is 6.04. The predicted octanol–water partition coefficient (Wildman–Crippen LogP) is 5.17. The van der Waals surface area contributed by atoms with Crippen LogP contribution >= 0.6 is 0 Å². The van der Waals surface area contributed by atoms with Crippen molar-refractivity contribution in [2.24, 2.45) is 0 Å². The van der Waals surface area contributed by atoms with Gasteiger partial charge in [0.05, 0.1) is 0 Å². The quantitative estimate of drug-likeness (QED) is 0.528. The number of rotatable bonds is 4. The van der Waals surface area contributed by atoms with Gasteiger partial charge >= 0.3 is 0 Å². The molecule has 4 aromatic rings. The first kappa shape index (κ1) is 17.1. The zero-order chi connectivity index (χ0) is 19.0. The molecule has 5 nitrogen and oxygen atoms in total. The van der Waals surface area contributed by atoms with Gasteiger partial charge in [-0.15, -0.1) is 0 Å². The van der Waals surface area contributed by atoms with Crippen LogP contribution in [0.3, 0.4) is 0 Å². The molecule has 0 spiro atoms. The number of carbonyl (C=O) groups is 1. The Kier molecular flexibility index (Phi) is 4.28. The molecule has 0 atom stereocenters. The first-order valence-electron chi connectivity index (χ1n) is 9.06. The SMILES string of the molecule is Cc1ccccc1-c1cc2ccc(NC(=O)c3ccnn3C(C)C)cc2[nH]1. The van der Waals surface area contributed by atoms with Crippen molar-refractivity contribution in [1.29, 1.82) is 0 Å². The van der Waals surface area contributed by atoms with E-state index in [0.29, 0.717) is 5.69 Å². The molecule has 0 saturated carbocycles. The molecule has 2 N–H and O–H groups in total. The molecule has 0 unspecified atom stereocenters. The van der Waals surface area contributed by atoms with Crippen molar-refractivity contribution >= 4 is 22.5 Å². The van der Waals surface area contributed by atoms with E-state index in [-0.39, 0.29) is 11.9 Å². The maximum atomic E-state index is 12.6. The molecular weight excluding hydrogens is 336 g/mol. The number of anilines is 1. The van der Waals surface area contributed by atoms with Gasteiger partial charge in [0.15, 0.2) is 0 Å². The van der Waals surface area contributed by atoms with Crippen LogP contribution in [0.15, 0.2) is 60.8 Å². The van der Waals surface area contributed by atoms with Crippen LogP contribution in [0.1, 0.15) is 35.9 Å². The van der Waals surface area contributed by atoms with E-state index in [1.807, 2.05) is 44.2 Å². The molecule has 0 aliphatic rings. The van der Waals surface area contributed by atoms with Crippen LogP contribution in [-0.2, 0) is 0 Å². The fourth-order valence-electron chi connectivity index (χ4n) is 3.33. The van der Waals surface area contributed by atoms with E-state index in [1.54, 1.807) is 16.9 Å². The van der Waals surface area contributed by atoms with Crippen LogP contribution in [0.2, 0.25) is 0 Å². The third-order valence-corrected chi connectivity index (χ3v) is 4.71. The Hall–Kier alpha value is -3.34. The van der Waals surface area contributed by atoms with E-state index in [0.717, 1.165) is 22.3 Å². The summed E-state index contributed by atoms with van der Waals surface area (Å²) in [7, 11) is 0. The van der Waals surface area contributed by atoms with Gasteiger partial charge < -0.3 is 10.3 Å². The lowest BCUT2D eigenvalue weighted by Crippen LogP contribution is -2.18. The molecule has 136 valence electrons. The van der Waals surface area contributed by atoms with Gasteiger partial charge in [-0.05, 0) is 50.6 Å². The molecular formula is C22H22N4O. The summed E-state index contributed by atoms with van der Waals surface area (Å²) in [4.78, 5) is 16.1. The van der Waals surface area contributed by atoms with Crippen LogP contribution in [0.25, 0.3) is 22.2 Å². The molecule has 2 aromatic carbocycles. The molecule has 0 aliphatic heterocycles. The fraction of sp³-hybridized carbons (Fsp3) is 0.182. The third kappa shape index (κ3) is 3.24. The zero-order valence-corrected chi connectivity index (χ0v) is 15.7. The average molecular weight is 358 g/mol. The van der Waals surface area contributed by atoms with Gasteiger partial charge in [-0.3, -0.25) is 9.48 Å². The summed E-state index contributed by atoms with van der Waals surface area (Å²) in [6.45, 7) is 6.11. The Morgan fingerprint density at radius 2 is 1.93 bits per heavy atom. The molecule has 2 aromatic heterocycles. The van der Waals surface area contributed by atoms with Gasteiger partial charge in [0, 0.05) is 40.1 Å². The first-order valence-corrected chi connectivity index (χ1v) is 9.06. The summed E-state index contributed by atoms with van der Waals surface area (Å²) in [5, 5.41) is 8.31. The van der Waals surface area contributed by atoms with Crippen molar-refractivity contribution in [2.45, 2.75) is 26.8 Å². The fourth-order valence-corrected chi connectivity index (χ4v) is 3.33. The van der Waals surface area contributed by atoms with Gasteiger partial charge in [-0.25, -0.2) is 0 Å². The lowest BCUT2D eigenvalue weighted by Gasteiger charge is -2.11. The minimum absolute atomic E-state index is 0.128. The molecule has 0 saturated heterocycles. The molecule has 0 bridgehead atoms. The third-order valence-electron chi connectivity index (χ3n) is 4.71. The topological polar surface area (TPSA) is 62.7 Å². The zero-order valence-electron chi connectivity index (χ0n) is 15.7. The Morgan fingerprint density at radius 1 is 1.11 bits per heavy atom. The molecule has 0 aliphatic carbocycles. The Morgan fingerprint density at radius 3 is 2.70 bits per heavy atom. The Balaban J connectivity index is 1.63. The van der Waals surface area contributed by atoms with Crippen LogP contribution < -0.4 is 5.32 Å². The first-order chi connectivity index (χ1) is 13.0. The summed E-state index contributed by atoms with van der Waals surface area (Å²) in [5.41, 5.74) is 5.77. The lowest BCUT2D eigenvalue weighted by atomic mass is 10.1. The van der Waals surface area contributed by atoms with Crippen LogP contribution in [-0.4, -0.2) is 20.7 Å². The summed E-state index contributed by atoms with van der Waals surface area (Å²) in [6.07, 6.45) is 1.65. The summed E-state index contributed by atoms with van der Waals surface area (Å²) in [5.74, 6) is -0.161. The van der Waals surface area contributed by atoms with Crippen LogP contribution in [0, 0.1) is 6.92 Å². The Bertz CT molecular complexity index is 1120. The number of H-pyrrole nitrogens is 1. The van der Waals surface area contributed by atoms with Crippen LogP contribution in [0.5, 0.6) is 0 Å². The van der Waals surface area contributed by atoms with E-state index in [9.17, 15) is 4.79 Å². The van der Waals surface area contributed by atoms with Crippen molar-refractivity contribution < 1.29 is 4.79 Å². The largest absolute Gasteiger partial charge is 0.354 e. The molecule has 5 heteroatoms. The number of fused-ring (bicyclic) bond motifs is 1. The number of benzene rings is 2. The van der Waals surface area contributed by atoms with E-state index in [2.05, 4.69) is 40.5 Å². The van der Waals surface area contributed by atoms with Gasteiger partial charge in [-0.2, -0.15) is 5.10 Å². The van der Waals surface area contributed by atoms with E-state index < -0.39 is 0 Å². The Labute approximate surface area is 158 Å². The number of nitrogens with one attached hydrogen (secondary N) is 2. The molecule has 27 heavy (non-hydrogen) atoms. The number of aromatic amines is 1. The van der Waals surface area contributed by atoms with Crippen molar-refractivity contribution in [3.05, 3.63) is 72.1 Å². The van der Waals surface area contributed by atoms with Crippen molar-refractivity contribution in [3.63, 3.8) is 0 Å². The number of nitrogens with zero attached hydrogens (tertiary/aromatic N) is 2.